The van der Waals surface area contributed by atoms with E-state index in [0.717, 1.165) is 22.8 Å². The maximum absolute atomic E-state index is 5.31. The SMILES string of the molecule is Cc1nn(C)cc1Cn1c(-c2ccccn2)n[nH]c1=S. The van der Waals surface area contributed by atoms with E-state index in [2.05, 4.69) is 20.3 Å². The molecule has 0 saturated heterocycles. The molecule has 20 heavy (non-hydrogen) atoms. The van der Waals surface area contributed by atoms with Crippen LogP contribution in [0.25, 0.3) is 11.5 Å². The minimum absolute atomic E-state index is 0.578. The van der Waals surface area contributed by atoms with Crippen molar-refractivity contribution in [3.8, 4) is 11.5 Å². The molecule has 0 aromatic carbocycles. The molecule has 3 aromatic heterocycles. The first-order valence-electron chi connectivity index (χ1n) is 6.21. The van der Waals surface area contributed by atoms with Gasteiger partial charge in [0.2, 0.25) is 0 Å². The molecule has 0 aliphatic rings. The monoisotopic (exact) mass is 286 g/mol. The molecule has 0 saturated carbocycles. The van der Waals surface area contributed by atoms with Gasteiger partial charge in [-0.2, -0.15) is 10.2 Å². The summed E-state index contributed by atoms with van der Waals surface area (Å²) in [7, 11) is 1.91. The number of aromatic amines is 1. The summed E-state index contributed by atoms with van der Waals surface area (Å²) in [5.74, 6) is 0.735. The van der Waals surface area contributed by atoms with E-state index >= 15 is 0 Å². The lowest BCUT2D eigenvalue weighted by Crippen LogP contribution is -2.03. The molecule has 0 aliphatic heterocycles. The smallest absolute Gasteiger partial charge is 0.195 e. The molecule has 7 heteroatoms. The molecule has 0 unspecified atom stereocenters. The van der Waals surface area contributed by atoms with Gasteiger partial charge < -0.3 is 0 Å². The van der Waals surface area contributed by atoms with Crippen molar-refractivity contribution in [2.45, 2.75) is 13.5 Å². The fraction of sp³-hybridized carbons (Fsp3) is 0.231. The van der Waals surface area contributed by atoms with E-state index in [1.165, 1.54) is 0 Å². The van der Waals surface area contributed by atoms with Crippen molar-refractivity contribution >= 4 is 12.2 Å². The Labute approximate surface area is 121 Å². The van der Waals surface area contributed by atoms with Crippen LogP contribution >= 0.6 is 12.2 Å². The van der Waals surface area contributed by atoms with Gasteiger partial charge in [-0.15, -0.1) is 0 Å². The van der Waals surface area contributed by atoms with Gasteiger partial charge in [-0.3, -0.25) is 19.3 Å². The highest BCUT2D eigenvalue weighted by atomic mass is 32.1. The Morgan fingerprint density at radius 3 is 2.85 bits per heavy atom. The van der Waals surface area contributed by atoms with Gasteiger partial charge in [0.1, 0.15) is 5.69 Å². The van der Waals surface area contributed by atoms with Crippen molar-refractivity contribution in [3.63, 3.8) is 0 Å². The van der Waals surface area contributed by atoms with Crippen LogP contribution in [-0.4, -0.2) is 29.5 Å². The lowest BCUT2D eigenvalue weighted by molar-refractivity contribution is 0.755. The van der Waals surface area contributed by atoms with Crippen LogP contribution in [0.15, 0.2) is 30.6 Å². The third kappa shape index (κ3) is 2.27. The molecule has 0 amide bonds. The van der Waals surface area contributed by atoms with Gasteiger partial charge in [0, 0.05) is 25.0 Å². The minimum atomic E-state index is 0.578. The number of H-pyrrole nitrogens is 1. The van der Waals surface area contributed by atoms with Crippen molar-refractivity contribution in [1.82, 2.24) is 29.5 Å². The second kappa shape index (κ2) is 5.01. The second-order valence-electron chi connectivity index (χ2n) is 4.57. The Kier molecular flexibility index (Phi) is 3.19. The topological polar surface area (TPSA) is 64.3 Å². The summed E-state index contributed by atoms with van der Waals surface area (Å²) < 4.78 is 4.31. The van der Waals surface area contributed by atoms with Crippen molar-refractivity contribution in [2.75, 3.05) is 0 Å². The largest absolute Gasteiger partial charge is 0.294 e. The van der Waals surface area contributed by atoms with Gasteiger partial charge in [-0.1, -0.05) is 6.07 Å². The number of rotatable bonds is 3. The highest BCUT2D eigenvalue weighted by molar-refractivity contribution is 7.71. The van der Waals surface area contributed by atoms with Gasteiger partial charge in [0.15, 0.2) is 10.6 Å². The summed E-state index contributed by atoms with van der Waals surface area (Å²) in [6, 6.07) is 5.72. The van der Waals surface area contributed by atoms with Gasteiger partial charge in [-0.05, 0) is 31.3 Å². The van der Waals surface area contributed by atoms with Crippen LogP contribution in [0, 0.1) is 11.7 Å². The van der Waals surface area contributed by atoms with E-state index in [4.69, 9.17) is 12.2 Å². The standard InChI is InChI=1S/C13H14N6S/c1-9-10(7-18(2)17-9)8-19-12(15-16-13(19)20)11-5-3-4-6-14-11/h3-7H,8H2,1-2H3,(H,16,20). The fourth-order valence-corrected chi connectivity index (χ4v) is 2.33. The van der Waals surface area contributed by atoms with E-state index in [1.807, 2.05) is 42.9 Å². The third-order valence-corrected chi connectivity index (χ3v) is 3.41. The van der Waals surface area contributed by atoms with E-state index in [9.17, 15) is 0 Å². The van der Waals surface area contributed by atoms with Crippen LogP contribution in [-0.2, 0) is 13.6 Å². The summed E-state index contributed by atoms with van der Waals surface area (Å²) in [4.78, 5) is 4.32. The Balaban J connectivity index is 2.04. The van der Waals surface area contributed by atoms with E-state index < -0.39 is 0 Å². The molecular weight excluding hydrogens is 272 g/mol. The number of hydrogen-bond donors (Lipinski definition) is 1. The molecule has 3 rings (SSSR count). The molecule has 6 nitrogen and oxygen atoms in total. The van der Waals surface area contributed by atoms with E-state index in [0.29, 0.717) is 11.3 Å². The Hall–Kier alpha value is -2.28. The van der Waals surface area contributed by atoms with Gasteiger partial charge in [0.05, 0.1) is 12.2 Å². The summed E-state index contributed by atoms with van der Waals surface area (Å²) in [5, 5.41) is 11.5. The lowest BCUT2D eigenvalue weighted by Gasteiger charge is -2.05. The minimum Gasteiger partial charge on any atom is -0.294 e. The van der Waals surface area contributed by atoms with Crippen molar-refractivity contribution in [3.05, 3.63) is 46.6 Å². The molecule has 0 bridgehead atoms. The molecule has 3 aromatic rings. The quantitative estimate of drug-likeness (QED) is 0.749. The maximum atomic E-state index is 5.31. The van der Waals surface area contributed by atoms with Crippen molar-refractivity contribution < 1.29 is 0 Å². The average molecular weight is 286 g/mol. The lowest BCUT2D eigenvalue weighted by atomic mass is 10.2. The molecule has 0 radical (unpaired) electrons. The highest BCUT2D eigenvalue weighted by Crippen LogP contribution is 2.16. The Morgan fingerprint density at radius 1 is 1.35 bits per heavy atom. The van der Waals surface area contributed by atoms with Crippen LogP contribution in [0.1, 0.15) is 11.3 Å². The second-order valence-corrected chi connectivity index (χ2v) is 4.95. The van der Waals surface area contributed by atoms with Crippen LogP contribution in [0.3, 0.4) is 0 Å². The zero-order chi connectivity index (χ0) is 14.1. The molecule has 0 aliphatic carbocycles. The zero-order valence-corrected chi connectivity index (χ0v) is 12.1. The first kappa shape index (κ1) is 12.7. The first-order valence-corrected chi connectivity index (χ1v) is 6.61. The maximum Gasteiger partial charge on any atom is 0.195 e. The number of aromatic nitrogens is 6. The normalized spacial score (nSPS) is 10.9. The first-order chi connectivity index (χ1) is 9.65. The summed E-state index contributed by atoms with van der Waals surface area (Å²) in [6.07, 6.45) is 3.74. The van der Waals surface area contributed by atoms with Crippen LogP contribution < -0.4 is 0 Å². The molecule has 0 atom stereocenters. The summed E-state index contributed by atoms with van der Waals surface area (Å²) in [6.45, 7) is 2.61. The zero-order valence-electron chi connectivity index (χ0n) is 11.2. The highest BCUT2D eigenvalue weighted by Gasteiger charge is 2.12. The molecule has 0 fully saturated rings. The number of nitrogens with zero attached hydrogens (tertiary/aromatic N) is 5. The number of hydrogen-bond acceptors (Lipinski definition) is 4. The molecule has 1 N–H and O–H groups in total. The summed E-state index contributed by atoms with van der Waals surface area (Å²) >= 11 is 5.31. The van der Waals surface area contributed by atoms with Gasteiger partial charge in [-0.25, -0.2) is 0 Å². The summed E-state index contributed by atoms with van der Waals surface area (Å²) in [5.41, 5.74) is 2.89. The van der Waals surface area contributed by atoms with Crippen LogP contribution in [0.4, 0.5) is 0 Å². The molecule has 102 valence electrons. The van der Waals surface area contributed by atoms with Gasteiger partial charge in [0.25, 0.3) is 0 Å². The molecule has 0 spiro atoms. The number of nitrogens with one attached hydrogen (secondary N) is 1. The third-order valence-electron chi connectivity index (χ3n) is 3.10. The van der Waals surface area contributed by atoms with Gasteiger partial charge >= 0.3 is 0 Å². The number of pyridine rings is 1. The predicted molar refractivity (Wildman–Crippen MR) is 77.7 cm³/mol. The number of aryl methyl sites for hydroxylation is 2. The Morgan fingerprint density at radius 2 is 2.20 bits per heavy atom. The van der Waals surface area contributed by atoms with Crippen molar-refractivity contribution in [1.29, 1.82) is 0 Å². The predicted octanol–water partition coefficient (Wildman–Crippen LogP) is 2.09. The molecule has 3 heterocycles. The fourth-order valence-electron chi connectivity index (χ4n) is 2.13. The Bertz CT molecular complexity index is 783. The van der Waals surface area contributed by atoms with E-state index in [1.54, 1.807) is 10.9 Å². The van der Waals surface area contributed by atoms with Crippen molar-refractivity contribution in [2.24, 2.45) is 7.05 Å². The average Bonchev–Trinajstić information content (AvgIpc) is 2.95. The molecular formula is C13H14N6S. The van der Waals surface area contributed by atoms with E-state index in [-0.39, 0.29) is 0 Å². The van der Waals surface area contributed by atoms with Crippen LogP contribution in [0.2, 0.25) is 0 Å². The van der Waals surface area contributed by atoms with Crippen LogP contribution in [0.5, 0.6) is 0 Å².